The predicted octanol–water partition coefficient (Wildman–Crippen LogP) is 3.35. The molecule has 4 nitrogen and oxygen atoms in total. The highest BCUT2D eigenvalue weighted by atomic mass is 19.1. The van der Waals surface area contributed by atoms with Crippen LogP contribution in [0.2, 0.25) is 0 Å². The van der Waals surface area contributed by atoms with E-state index in [9.17, 15) is 4.39 Å². The van der Waals surface area contributed by atoms with Crippen molar-refractivity contribution in [3.63, 3.8) is 0 Å². The highest BCUT2D eigenvalue weighted by Gasteiger charge is 2.06. The third-order valence-corrected chi connectivity index (χ3v) is 2.91. The molecule has 21 heavy (non-hydrogen) atoms. The number of rotatable bonds is 6. The quantitative estimate of drug-likeness (QED) is 0.884. The van der Waals surface area contributed by atoms with Gasteiger partial charge in [-0.15, -0.1) is 0 Å². The maximum atomic E-state index is 13.7. The van der Waals surface area contributed by atoms with Gasteiger partial charge in [-0.25, -0.2) is 4.39 Å². The van der Waals surface area contributed by atoms with Gasteiger partial charge in [0.1, 0.15) is 23.4 Å². The molecule has 0 amide bonds. The Morgan fingerprint density at radius 2 is 2.05 bits per heavy atom. The largest absolute Gasteiger partial charge is 0.497 e. The highest BCUT2D eigenvalue weighted by molar-refractivity contribution is 5.50. The fourth-order valence-corrected chi connectivity index (χ4v) is 1.86. The second kappa shape index (κ2) is 7.15. The Labute approximate surface area is 122 Å². The number of hydrogen-bond donors (Lipinski definition) is 1. The number of methoxy groups -OCH3 is 1. The van der Waals surface area contributed by atoms with Crippen molar-refractivity contribution in [2.75, 3.05) is 19.0 Å². The molecular weight excluding hydrogens is 271 g/mol. The first kappa shape index (κ1) is 14.7. The molecule has 0 radical (unpaired) electrons. The SMILES string of the molecule is COc1ccc(F)c(NCc2ccccc2OCC#N)c1. The molecule has 1 N–H and O–H groups in total. The lowest BCUT2D eigenvalue weighted by atomic mass is 10.2. The fraction of sp³-hybridized carbons (Fsp3) is 0.188. The monoisotopic (exact) mass is 286 g/mol. The third kappa shape index (κ3) is 3.86. The lowest BCUT2D eigenvalue weighted by Crippen LogP contribution is -2.05. The van der Waals surface area contributed by atoms with E-state index >= 15 is 0 Å². The van der Waals surface area contributed by atoms with Gasteiger partial charge in [0, 0.05) is 18.2 Å². The summed E-state index contributed by atoms with van der Waals surface area (Å²) in [4.78, 5) is 0. The number of hydrogen-bond acceptors (Lipinski definition) is 4. The van der Waals surface area contributed by atoms with E-state index in [2.05, 4.69) is 5.32 Å². The van der Waals surface area contributed by atoms with Crippen molar-refractivity contribution < 1.29 is 13.9 Å². The van der Waals surface area contributed by atoms with Crippen molar-refractivity contribution in [2.45, 2.75) is 6.54 Å². The first-order valence-electron chi connectivity index (χ1n) is 6.39. The average Bonchev–Trinajstić information content (AvgIpc) is 2.53. The number of nitrogens with one attached hydrogen (secondary N) is 1. The van der Waals surface area contributed by atoms with Gasteiger partial charge in [0.15, 0.2) is 6.61 Å². The molecule has 0 saturated carbocycles. The van der Waals surface area contributed by atoms with E-state index in [1.165, 1.54) is 13.2 Å². The molecule has 2 aromatic rings. The first-order valence-corrected chi connectivity index (χ1v) is 6.39. The Morgan fingerprint density at radius 1 is 1.24 bits per heavy atom. The van der Waals surface area contributed by atoms with Crippen molar-refractivity contribution in [2.24, 2.45) is 0 Å². The molecule has 108 valence electrons. The summed E-state index contributed by atoms with van der Waals surface area (Å²) in [7, 11) is 1.53. The van der Waals surface area contributed by atoms with E-state index in [1.54, 1.807) is 18.2 Å². The van der Waals surface area contributed by atoms with Crippen LogP contribution >= 0.6 is 0 Å². The number of nitriles is 1. The van der Waals surface area contributed by atoms with Crippen molar-refractivity contribution in [3.8, 4) is 17.6 Å². The van der Waals surface area contributed by atoms with Crippen LogP contribution in [-0.2, 0) is 6.54 Å². The Kier molecular flexibility index (Phi) is 4.99. The first-order chi connectivity index (χ1) is 10.2. The zero-order valence-corrected chi connectivity index (χ0v) is 11.6. The number of benzene rings is 2. The molecule has 0 atom stereocenters. The minimum Gasteiger partial charge on any atom is -0.497 e. The van der Waals surface area contributed by atoms with E-state index < -0.39 is 0 Å². The van der Waals surface area contributed by atoms with Gasteiger partial charge in [0.2, 0.25) is 0 Å². The van der Waals surface area contributed by atoms with Gasteiger partial charge in [0.25, 0.3) is 0 Å². The fourth-order valence-electron chi connectivity index (χ4n) is 1.86. The summed E-state index contributed by atoms with van der Waals surface area (Å²) in [6.45, 7) is 0.357. The van der Waals surface area contributed by atoms with Crippen molar-refractivity contribution in [3.05, 3.63) is 53.8 Å². The van der Waals surface area contributed by atoms with Gasteiger partial charge in [-0.05, 0) is 18.2 Å². The second-order valence-corrected chi connectivity index (χ2v) is 4.25. The molecule has 0 spiro atoms. The van der Waals surface area contributed by atoms with E-state index in [1.807, 2.05) is 24.3 Å². The van der Waals surface area contributed by atoms with Crippen LogP contribution in [0.3, 0.4) is 0 Å². The molecular formula is C16H15FN2O2. The minimum atomic E-state index is -0.355. The summed E-state index contributed by atoms with van der Waals surface area (Å²) in [5, 5.41) is 11.6. The van der Waals surface area contributed by atoms with Crippen LogP contribution in [0.5, 0.6) is 11.5 Å². The topological polar surface area (TPSA) is 54.3 Å². The molecule has 0 bridgehead atoms. The van der Waals surface area contributed by atoms with E-state index in [0.29, 0.717) is 23.7 Å². The van der Waals surface area contributed by atoms with Crippen molar-refractivity contribution in [1.82, 2.24) is 0 Å². The van der Waals surface area contributed by atoms with Gasteiger partial charge < -0.3 is 14.8 Å². The number of para-hydroxylation sites is 1. The maximum Gasteiger partial charge on any atom is 0.174 e. The van der Waals surface area contributed by atoms with Gasteiger partial charge >= 0.3 is 0 Å². The molecule has 5 heteroatoms. The molecule has 2 aromatic carbocycles. The molecule has 0 heterocycles. The summed E-state index contributed by atoms with van der Waals surface area (Å²) in [6, 6.07) is 13.7. The Hall–Kier alpha value is -2.74. The van der Waals surface area contributed by atoms with Crippen LogP contribution in [0.1, 0.15) is 5.56 Å². The normalized spacial score (nSPS) is 9.76. The predicted molar refractivity (Wildman–Crippen MR) is 77.8 cm³/mol. The molecule has 0 fully saturated rings. The van der Waals surface area contributed by atoms with Gasteiger partial charge in [-0.3, -0.25) is 0 Å². The number of anilines is 1. The Bertz CT molecular complexity index is 653. The van der Waals surface area contributed by atoms with Crippen LogP contribution in [0.4, 0.5) is 10.1 Å². The zero-order valence-electron chi connectivity index (χ0n) is 11.6. The number of nitrogens with zero attached hydrogens (tertiary/aromatic N) is 1. The average molecular weight is 286 g/mol. The van der Waals surface area contributed by atoms with Crippen LogP contribution in [0.25, 0.3) is 0 Å². The van der Waals surface area contributed by atoms with Gasteiger partial charge in [-0.1, -0.05) is 18.2 Å². The van der Waals surface area contributed by atoms with Crippen LogP contribution < -0.4 is 14.8 Å². The summed E-state index contributed by atoms with van der Waals surface area (Å²) in [5.41, 5.74) is 1.19. The van der Waals surface area contributed by atoms with Crippen molar-refractivity contribution in [1.29, 1.82) is 5.26 Å². The van der Waals surface area contributed by atoms with E-state index in [4.69, 9.17) is 14.7 Å². The lowest BCUT2D eigenvalue weighted by molar-refractivity contribution is 0.364. The second-order valence-electron chi connectivity index (χ2n) is 4.25. The zero-order chi connectivity index (χ0) is 15.1. The van der Waals surface area contributed by atoms with Crippen LogP contribution in [0, 0.1) is 17.1 Å². The van der Waals surface area contributed by atoms with E-state index in [-0.39, 0.29) is 12.4 Å². The van der Waals surface area contributed by atoms with Crippen LogP contribution in [0.15, 0.2) is 42.5 Å². The minimum absolute atomic E-state index is 0.0233. The molecule has 0 aromatic heterocycles. The number of halogens is 1. The molecule has 0 aliphatic rings. The molecule has 0 saturated heterocycles. The van der Waals surface area contributed by atoms with E-state index in [0.717, 1.165) is 5.56 Å². The summed E-state index contributed by atoms with van der Waals surface area (Å²) in [5.74, 6) is 0.828. The van der Waals surface area contributed by atoms with Crippen LogP contribution in [-0.4, -0.2) is 13.7 Å². The van der Waals surface area contributed by atoms with Gasteiger partial charge in [-0.2, -0.15) is 5.26 Å². The standard InChI is InChI=1S/C16H15FN2O2/c1-20-13-6-7-14(17)15(10-13)19-11-12-4-2-3-5-16(12)21-9-8-18/h2-7,10,19H,9,11H2,1H3. The summed E-state index contributed by atoms with van der Waals surface area (Å²) >= 11 is 0. The third-order valence-electron chi connectivity index (χ3n) is 2.91. The molecule has 0 aliphatic carbocycles. The summed E-state index contributed by atoms with van der Waals surface area (Å²) < 4.78 is 24.1. The lowest BCUT2D eigenvalue weighted by Gasteiger charge is -2.12. The smallest absolute Gasteiger partial charge is 0.174 e. The molecule has 0 unspecified atom stereocenters. The Balaban J connectivity index is 2.11. The molecule has 2 rings (SSSR count). The maximum absolute atomic E-state index is 13.7. The molecule has 0 aliphatic heterocycles. The Morgan fingerprint density at radius 3 is 2.81 bits per heavy atom. The van der Waals surface area contributed by atoms with Gasteiger partial charge in [0.05, 0.1) is 12.8 Å². The number of ether oxygens (including phenoxy) is 2. The summed E-state index contributed by atoms with van der Waals surface area (Å²) in [6.07, 6.45) is 0. The highest BCUT2D eigenvalue weighted by Crippen LogP contribution is 2.24. The van der Waals surface area contributed by atoms with Crippen molar-refractivity contribution >= 4 is 5.69 Å².